The Morgan fingerprint density at radius 2 is 1.92 bits per heavy atom. The fourth-order valence-electron chi connectivity index (χ4n) is 2.36. The first-order valence-electron chi connectivity index (χ1n) is 5.79. The molecule has 13 heavy (non-hydrogen) atoms. The Kier molecular flexibility index (Phi) is 3.23. The lowest BCUT2D eigenvalue weighted by molar-refractivity contribution is 0.286. The van der Waals surface area contributed by atoms with E-state index >= 15 is 0 Å². The van der Waals surface area contributed by atoms with Crippen LogP contribution in [0.2, 0.25) is 0 Å². The summed E-state index contributed by atoms with van der Waals surface area (Å²) in [7, 11) is 2.10. The van der Waals surface area contributed by atoms with Gasteiger partial charge in [0, 0.05) is 12.1 Å². The van der Waals surface area contributed by atoms with Crippen molar-refractivity contribution >= 4 is 0 Å². The van der Waals surface area contributed by atoms with Crippen LogP contribution in [0, 0.1) is 5.92 Å². The zero-order valence-electron chi connectivity index (χ0n) is 8.68. The maximum absolute atomic E-state index is 3.64. The molecule has 2 saturated carbocycles. The Hall–Kier alpha value is -0.0800. The SMILES string of the molecule is CNC1CCCC(CNC2CC2)C1. The molecule has 0 aliphatic heterocycles. The zero-order valence-corrected chi connectivity index (χ0v) is 8.68. The predicted molar refractivity (Wildman–Crippen MR) is 55.8 cm³/mol. The van der Waals surface area contributed by atoms with E-state index in [1.54, 1.807) is 0 Å². The molecule has 2 rings (SSSR count). The van der Waals surface area contributed by atoms with Crippen LogP contribution < -0.4 is 10.6 Å². The highest BCUT2D eigenvalue weighted by Gasteiger charge is 2.24. The van der Waals surface area contributed by atoms with Gasteiger partial charge in [-0.3, -0.25) is 0 Å². The normalized spacial score (nSPS) is 34.8. The van der Waals surface area contributed by atoms with E-state index in [1.807, 2.05) is 0 Å². The minimum Gasteiger partial charge on any atom is -0.317 e. The average Bonchev–Trinajstić information content (AvgIpc) is 2.99. The molecule has 2 unspecified atom stereocenters. The van der Waals surface area contributed by atoms with Crippen molar-refractivity contribution in [3.05, 3.63) is 0 Å². The van der Waals surface area contributed by atoms with Crippen LogP contribution in [0.5, 0.6) is 0 Å². The van der Waals surface area contributed by atoms with E-state index in [0.717, 1.165) is 18.0 Å². The summed E-state index contributed by atoms with van der Waals surface area (Å²) in [6, 6.07) is 1.68. The molecule has 2 heteroatoms. The Morgan fingerprint density at radius 1 is 1.08 bits per heavy atom. The van der Waals surface area contributed by atoms with E-state index in [-0.39, 0.29) is 0 Å². The summed E-state index contributed by atoms with van der Waals surface area (Å²) in [5, 5.41) is 7.05. The molecule has 0 amide bonds. The minimum absolute atomic E-state index is 0.791. The Bertz CT molecular complexity index is 154. The predicted octanol–water partition coefficient (Wildman–Crippen LogP) is 1.52. The van der Waals surface area contributed by atoms with Gasteiger partial charge in [-0.05, 0) is 51.6 Å². The molecule has 0 spiro atoms. The standard InChI is InChI=1S/C11H22N2/c1-12-11-4-2-3-9(7-11)8-13-10-5-6-10/h9-13H,2-8H2,1H3. The smallest absolute Gasteiger partial charge is 0.00683 e. The fourth-order valence-corrected chi connectivity index (χ4v) is 2.36. The van der Waals surface area contributed by atoms with Crippen molar-refractivity contribution in [2.45, 2.75) is 50.6 Å². The molecule has 0 bridgehead atoms. The van der Waals surface area contributed by atoms with Gasteiger partial charge in [-0.15, -0.1) is 0 Å². The zero-order chi connectivity index (χ0) is 9.10. The maximum Gasteiger partial charge on any atom is 0.00683 e. The van der Waals surface area contributed by atoms with Crippen molar-refractivity contribution in [2.24, 2.45) is 5.92 Å². The first-order chi connectivity index (χ1) is 6.38. The summed E-state index contributed by atoms with van der Waals surface area (Å²) in [6.45, 7) is 1.27. The number of hydrogen-bond donors (Lipinski definition) is 2. The molecular weight excluding hydrogens is 160 g/mol. The largest absolute Gasteiger partial charge is 0.317 e. The molecule has 2 atom stereocenters. The van der Waals surface area contributed by atoms with E-state index in [0.29, 0.717) is 0 Å². The second-order valence-corrected chi connectivity index (χ2v) is 4.70. The van der Waals surface area contributed by atoms with Gasteiger partial charge in [-0.1, -0.05) is 6.42 Å². The van der Waals surface area contributed by atoms with E-state index in [9.17, 15) is 0 Å². The third-order valence-electron chi connectivity index (χ3n) is 3.46. The van der Waals surface area contributed by atoms with Gasteiger partial charge in [0.2, 0.25) is 0 Å². The van der Waals surface area contributed by atoms with Crippen molar-refractivity contribution in [3.8, 4) is 0 Å². The lowest BCUT2D eigenvalue weighted by Gasteiger charge is -2.29. The summed E-state index contributed by atoms with van der Waals surface area (Å²) < 4.78 is 0. The third kappa shape index (κ3) is 2.96. The summed E-state index contributed by atoms with van der Waals surface area (Å²) >= 11 is 0. The van der Waals surface area contributed by atoms with Crippen LogP contribution in [0.15, 0.2) is 0 Å². The van der Waals surface area contributed by atoms with Crippen molar-refractivity contribution in [1.29, 1.82) is 0 Å². The molecule has 0 heterocycles. The first kappa shape index (κ1) is 9.47. The van der Waals surface area contributed by atoms with Gasteiger partial charge in [0.25, 0.3) is 0 Å². The second-order valence-electron chi connectivity index (χ2n) is 4.70. The molecule has 0 aromatic carbocycles. The summed E-state index contributed by atoms with van der Waals surface area (Å²) in [6.07, 6.45) is 8.47. The highest BCUT2D eigenvalue weighted by Crippen LogP contribution is 2.25. The van der Waals surface area contributed by atoms with Crippen molar-refractivity contribution in [3.63, 3.8) is 0 Å². The molecule has 0 saturated heterocycles. The van der Waals surface area contributed by atoms with Crippen LogP contribution in [0.1, 0.15) is 38.5 Å². The van der Waals surface area contributed by atoms with Gasteiger partial charge in [0.1, 0.15) is 0 Å². The molecule has 2 aliphatic carbocycles. The number of nitrogens with one attached hydrogen (secondary N) is 2. The molecule has 2 nitrogen and oxygen atoms in total. The lowest BCUT2D eigenvalue weighted by atomic mass is 9.86. The Labute approximate surface area is 81.5 Å². The van der Waals surface area contributed by atoms with Gasteiger partial charge >= 0.3 is 0 Å². The van der Waals surface area contributed by atoms with E-state index < -0.39 is 0 Å². The van der Waals surface area contributed by atoms with Crippen LogP contribution in [0.4, 0.5) is 0 Å². The first-order valence-corrected chi connectivity index (χ1v) is 5.79. The molecule has 0 aromatic rings. The summed E-state index contributed by atoms with van der Waals surface area (Å²) in [5.74, 6) is 0.937. The molecule has 76 valence electrons. The Balaban J connectivity index is 1.65. The van der Waals surface area contributed by atoms with Crippen LogP contribution in [-0.4, -0.2) is 25.7 Å². The summed E-state index contributed by atoms with van der Waals surface area (Å²) in [5.41, 5.74) is 0. The molecule has 0 radical (unpaired) electrons. The van der Waals surface area contributed by atoms with Crippen LogP contribution in [-0.2, 0) is 0 Å². The quantitative estimate of drug-likeness (QED) is 0.689. The van der Waals surface area contributed by atoms with Gasteiger partial charge in [-0.2, -0.15) is 0 Å². The maximum atomic E-state index is 3.64. The van der Waals surface area contributed by atoms with Gasteiger partial charge in [0.15, 0.2) is 0 Å². The van der Waals surface area contributed by atoms with Crippen molar-refractivity contribution in [2.75, 3.05) is 13.6 Å². The number of rotatable bonds is 4. The average molecular weight is 182 g/mol. The van der Waals surface area contributed by atoms with E-state index in [4.69, 9.17) is 0 Å². The molecular formula is C11H22N2. The van der Waals surface area contributed by atoms with E-state index in [2.05, 4.69) is 17.7 Å². The third-order valence-corrected chi connectivity index (χ3v) is 3.46. The summed E-state index contributed by atoms with van der Waals surface area (Å²) in [4.78, 5) is 0. The van der Waals surface area contributed by atoms with Gasteiger partial charge in [0.05, 0.1) is 0 Å². The Morgan fingerprint density at radius 3 is 2.62 bits per heavy atom. The van der Waals surface area contributed by atoms with Crippen molar-refractivity contribution in [1.82, 2.24) is 10.6 Å². The van der Waals surface area contributed by atoms with Gasteiger partial charge in [-0.25, -0.2) is 0 Å². The van der Waals surface area contributed by atoms with Crippen LogP contribution in [0.3, 0.4) is 0 Å². The lowest BCUT2D eigenvalue weighted by Crippen LogP contribution is -2.35. The second kappa shape index (κ2) is 4.43. The monoisotopic (exact) mass is 182 g/mol. The molecule has 2 aliphatic rings. The highest BCUT2D eigenvalue weighted by atomic mass is 15.0. The fraction of sp³-hybridized carbons (Fsp3) is 1.00. The number of hydrogen-bond acceptors (Lipinski definition) is 2. The molecule has 2 N–H and O–H groups in total. The van der Waals surface area contributed by atoms with Gasteiger partial charge < -0.3 is 10.6 Å². The van der Waals surface area contributed by atoms with Crippen LogP contribution in [0.25, 0.3) is 0 Å². The van der Waals surface area contributed by atoms with Crippen LogP contribution >= 0.6 is 0 Å². The molecule has 0 aromatic heterocycles. The topological polar surface area (TPSA) is 24.1 Å². The van der Waals surface area contributed by atoms with Crippen molar-refractivity contribution < 1.29 is 0 Å². The highest BCUT2D eigenvalue weighted by molar-refractivity contribution is 4.84. The molecule has 2 fully saturated rings. The van der Waals surface area contributed by atoms with E-state index in [1.165, 1.54) is 45.1 Å². The minimum atomic E-state index is 0.791.